The third-order valence-corrected chi connectivity index (χ3v) is 14.8. The van der Waals surface area contributed by atoms with Crippen molar-refractivity contribution in [1.29, 1.82) is 0 Å². The first-order valence-electron chi connectivity index (χ1n) is 24.0. The van der Waals surface area contributed by atoms with Gasteiger partial charge in [-0.15, -0.1) is 0 Å². The van der Waals surface area contributed by atoms with Gasteiger partial charge in [0.05, 0.1) is 10.8 Å². The summed E-state index contributed by atoms with van der Waals surface area (Å²) in [5.41, 5.74) is 22.2. The highest BCUT2D eigenvalue weighted by Gasteiger charge is 2.47. The molecule has 324 valence electrons. The Morgan fingerprint density at radius 2 is 0.551 bits per heavy atom. The number of fused-ring (bicyclic) bond motifs is 6. The minimum absolute atomic E-state index is 0.494. The van der Waals surface area contributed by atoms with Gasteiger partial charge >= 0.3 is 0 Å². The number of hydrogen-bond donors (Lipinski definition) is 0. The Morgan fingerprint density at radius 3 is 1.07 bits per heavy atom. The van der Waals surface area contributed by atoms with Gasteiger partial charge in [-0.1, -0.05) is 243 Å². The van der Waals surface area contributed by atoms with Crippen LogP contribution < -0.4 is 4.90 Å². The van der Waals surface area contributed by atoms with E-state index in [-0.39, 0.29) is 0 Å². The molecule has 0 aliphatic heterocycles. The van der Waals surface area contributed by atoms with Gasteiger partial charge in [-0.3, -0.25) is 0 Å². The van der Waals surface area contributed by atoms with Gasteiger partial charge in [-0.25, -0.2) is 0 Å². The van der Waals surface area contributed by atoms with Crippen LogP contribution in [0.25, 0.3) is 44.5 Å². The van der Waals surface area contributed by atoms with Gasteiger partial charge in [-0.2, -0.15) is 0 Å². The maximum absolute atomic E-state index is 2.47. The first kappa shape index (κ1) is 40.5. The Hall–Kier alpha value is -8.78. The second-order valence-electron chi connectivity index (χ2n) is 18.3. The lowest BCUT2D eigenvalue weighted by molar-refractivity contribution is 0.768. The van der Waals surface area contributed by atoms with Crippen molar-refractivity contribution in [2.45, 2.75) is 10.8 Å². The molecule has 0 N–H and O–H groups in total. The fourth-order valence-electron chi connectivity index (χ4n) is 11.9. The van der Waals surface area contributed by atoms with Gasteiger partial charge in [0.25, 0.3) is 0 Å². The molecule has 0 fully saturated rings. The molecule has 2 aliphatic rings. The normalized spacial score (nSPS) is 13.4. The lowest BCUT2D eigenvalue weighted by Gasteiger charge is -2.35. The molecular formula is C68H47N. The van der Waals surface area contributed by atoms with Gasteiger partial charge in [0.1, 0.15) is 0 Å². The van der Waals surface area contributed by atoms with Crippen molar-refractivity contribution in [3.63, 3.8) is 0 Å². The van der Waals surface area contributed by atoms with Crippen molar-refractivity contribution in [2.24, 2.45) is 0 Å². The van der Waals surface area contributed by atoms with Crippen molar-refractivity contribution in [2.75, 3.05) is 4.90 Å². The molecular weight excluding hydrogens is 831 g/mol. The zero-order chi connectivity index (χ0) is 45.8. The van der Waals surface area contributed by atoms with Gasteiger partial charge in [0.2, 0.25) is 0 Å². The molecule has 1 heteroatoms. The smallest absolute Gasteiger partial charge is 0.0714 e. The first-order valence-corrected chi connectivity index (χ1v) is 24.0. The molecule has 11 aromatic carbocycles. The van der Waals surface area contributed by atoms with Crippen molar-refractivity contribution in [1.82, 2.24) is 0 Å². The Kier molecular flexibility index (Phi) is 9.70. The summed E-state index contributed by atoms with van der Waals surface area (Å²) < 4.78 is 0. The zero-order valence-electron chi connectivity index (χ0n) is 38.1. The molecule has 0 aromatic heterocycles. The molecule has 1 nitrogen and oxygen atoms in total. The van der Waals surface area contributed by atoms with Crippen molar-refractivity contribution >= 4 is 17.1 Å². The minimum atomic E-state index is -0.537. The van der Waals surface area contributed by atoms with Crippen LogP contribution in [0.3, 0.4) is 0 Å². The highest BCUT2D eigenvalue weighted by molar-refractivity contribution is 5.91. The largest absolute Gasteiger partial charge is 0.310 e. The molecule has 0 unspecified atom stereocenters. The van der Waals surface area contributed by atoms with Crippen LogP contribution in [0.5, 0.6) is 0 Å². The molecule has 0 saturated heterocycles. The summed E-state index contributed by atoms with van der Waals surface area (Å²) in [6.07, 6.45) is 0. The fourth-order valence-corrected chi connectivity index (χ4v) is 11.9. The van der Waals surface area contributed by atoms with Gasteiger partial charge in [0.15, 0.2) is 0 Å². The van der Waals surface area contributed by atoms with E-state index in [1.54, 1.807) is 0 Å². The topological polar surface area (TPSA) is 3.24 Å². The summed E-state index contributed by atoms with van der Waals surface area (Å²) in [4.78, 5) is 2.46. The first-order chi connectivity index (χ1) is 34.2. The third-order valence-electron chi connectivity index (χ3n) is 14.8. The summed E-state index contributed by atoms with van der Waals surface area (Å²) in [6, 6.07) is 105. The molecule has 0 atom stereocenters. The van der Waals surface area contributed by atoms with Crippen molar-refractivity contribution < 1.29 is 0 Å². The Bertz CT molecular complexity index is 3570. The van der Waals surface area contributed by atoms with E-state index in [1.165, 1.54) is 83.5 Å². The quantitative estimate of drug-likeness (QED) is 0.140. The Morgan fingerprint density at radius 1 is 0.203 bits per heavy atom. The van der Waals surface area contributed by atoms with Crippen LogP contribution in [0.15, 0.2) is 285 Å². The van der Waals surface area contributed by atoms with E-state index in [0.717, 1.165) is 22.6 Å². The van der Waals surface area contributed by atoms with Crippen LogP contribution >= 0.6 is 0 Å². The second-order valence-corrected chi connectivity index (χ2v) is 18.3. The molecule has 69 heavy (non-hydrogen) atoms. The Balaban J connectivity index is 1.03. The molecule has 2 aliphatic carbocycles. The van der Waals surface area contributed by atoms with E-state index in [2.05, 4.69) is 290 Å². The highest BCUT2D eigenvalue weighted by atomic mass is 15.1. The molecule has 0 heterocycles. The van der Waals surface area contributed by atoms with Crippen molar-refractivity contribution in [3.05, 3.63) is 330 Å². The van der Waals surface area contributed by atoms with Crippen molar-refractivity contribution in [3.8, 4) is 44.5 Å². The van der Waals surface area contributed by atoms with E-state index in [9.17, 15) is 0 Å². The van der Waals surface area contributed by atoms with E-state index in [1.807, 2.05) is 0 Å². The second kappa shape index (κ2) is 16.5. The Labute approximate surface area is 404 Å². The van der Waals surface area contributed by atoms with Gasteiger partial charge in [-0.05, 0) is 131 Å². The standard InChI is InChI=1S/C68H47N/c1-5-21-48(22-6-1)49-23-19-24-50(45-49)51-25-20-32-57(46-51)69(56-41-39-55(40-42-56)67(52-26-7-2-8-27-52)63-36-16-13-33-59(63)60-34-14-17-37-64(60)67)58-43-44-62-61-35-15-18-38-65(61)68(66(62)47-58,53-28-9-3-10-29-53)54-30-11-4-12-31-54/h1-47H. The highest BCUT2D eigenvalue weighted by Crippen LogP contribution is 2.59. The van der Waals surface area contributed by atoms with E-state index < -0.39 is 10.8 Å². The number of nitrogens with zero attached hydrogens (tertiary/aromatic N) is 1. The predicted molar refractivity (Wildman–Crippen MR) is 287 cm³/mol. The maximum Gasteiger partial charge on any atom is 0.0714 e. The van der Waals surface area contributed by atoms with E-state index in [0.29, 0.717) is 0 Å². The van der Waals surface area contributed by atoms with Crippen LogP contribution in [0.4, 0.5) is 17.1 Å². The minimum Gasteiger partial charge on any atom is -0.310 e. The fraction of sp³-hybridized carbons (Fsp3) is 0.0294. The lowest BCUT2D eigenvalue weighted by Crippen LogP contribution is -2.29. The summed E-state index contributed by atoms with van der Waals surface area (Å²) >= 11 is 0. The molecule has 0 spiro atoms. The third kappa shape index (κ3) is 6.32. The van der Waals surface area contributed by atoms with E-state index >= 15 is 0 Å². The van der Waals surface area contributed by atoms with Gasteiger partial charge in [0, 0.05) is 17.1 Å². The SMILES string of the molecule is c1ccc(-c2cccc(-c3cccc(N(c4ccc(C5(c6ccccc6)c6ccccc6-c6ccccc65)cc4)c4ccc5c(c4)C(c4ccccc4)(c4ccccc4)c4ccccc4-5)c3)c2)cc1. The molecule has 0 bridgehead atoms. The zero-order valence-corrected chi connectivity index (χ0v) is 38.1. The summed E-state index contributed by atoms with van der Waals surface area (Å²) in [5, 5.41) is 0. The average Bonchev–Trinajstić information content (AvgIpc) is 3.91. The van der Waals surface area contributed by atoms with Crippen LogP contribution in [0.1, 0.15) is 44.5 Å². The summed E-state index contributed by atoms with van der Waals surface area (Å²) in [6.45, 7) is 0. The van der Waals surface area contributed by atoms with E-state index in [4.69, 9.17) is 0 Å². The summed E-state index contributed by atoms with van der Waals surface area (Å²) in [5.74, 6) is 0. The van der Waals surface area contributed by atoms with Crippen LogP contribution in [0, 0.1) is 0 Å². The van der Waals surface area contributed by atoms with Crippen LogP contribution in [0.2, 0.25) is 0 Å². The molecule has 11 aromatic rings. The summed E-state index contributed by atoms with van der Waals surface area (Å²) in [7, 11) is 0. The molecule has 0 radical (unpaired) electrons. The number of rotatable bonds is 9. The number of hydrogen-bond acceptors (Lipinski definition) is 1. The average molecular weight is 878 g/mol. The number of anilines is 3. The number of benzene rings is 11. The molecule has 0 saturated carbocycles. The molecule has 13 rings (SSSR count). The maximum atomic E-state index is 2.47. The van der Waals surface area contributed by atoms with Gasteiger partial charge < -0.3 is 4.90 Å². The predicted octanol–water partition coefficient (Wildman–Crippen LogP) is 17.2. The van der Waals surface area contributed by atoms with Crippen LogP contribution in [-0.2, 0) is 10.8 Å². The monoisotopic (exact) mass is 877 g/mol. The lowest BCUT2D eigenvalue weighted by atomic mass is 9.67. The molecule has 0 amide bonds. The van der Waals surface area contributed by atoms with Crippen LogP contribution in [-0.4, -0.2) is 0 Å².